The summed E-state index contributed by atoms with van der Waals surface area (Å²) >= 11 is 0. The van der Waals surface area contributed by atoms with Gasteiger partial charge < -0.3 is 14.6 Å². The SMILES string of the molecule is N#Cc1cccc(Cn2c(=O)oc3ccc(CC(=O)N[C@H](CN4CCCC4)c4ccccc4)cc32)c1.S. The molecule has 1 atom stereocenters. The Hall–Kier alpha value is -3.80. The average molecular weight is 515 g/mol. The van der Waals surface area contributed by atoms with Gasteiger partial charge in [0, 0.05) is 6.54 Å². The number of fused-ring (bicyclic) bond motifs is 1. The molecule has 8 heteroatoms. The Kier molecular flexibility index (Phi) is 8.49. The minimum Gasteiger partial charge on any atom is -0.408 e. The summed E-state index contributed by atoms with van der Waals surface area (Å²) in [7, 11) is 0. The Labute approximate surface area is 222 Å². The molecule has 0 unspecified atom stereocenters. The molecule has 1 aliphatic rings. The average Bonchev–Trinajstić information content (AvgIpc) is 3.52. The van der Waals surface area contributed by atoms with Gasteiger partial charge in [-0.1, -0.05) is 48.5 Å². The van der Waals surface area contributed by atoms with Gasteiger partial charge in [-0.25, -0.2) is 4.79 Å². The monoisotopic (exact) mass is 514 g/mol. The van der Waals surface area contributed by atoms with Gasteiger partial charge in [-0.05, 0) is 66.9 Å². The van der Waals surface area contributed by atoms with E-state index in [2.05, 4.69) is 28.4 Å². The molecule has 0 spiro atoms. The third-order valence-corrected chi connectivity index (χ3v) is 6.67. The quantitative estimate of drug-likeness (QED) is 0.382. The fourth-order valence-corrected chi connectivity index (χ4v) is 4.86. The molecule has 190 valence electrons. The lowest BCUT2D eigenvalue weighted by atomic mass is 10.1. The molecule has 0 bridgehead atoms. The minimum absolute atomic E-state index is 0. The molecule has 1 amide bonds. The van der Waals surface area contributed by atoms with Crippen molar-refractivity contribution in [1.82, 2.24) is 14.8 Å². The van der Waals surface area contributed by atoms with E-state index in [9.17, 15) is 14.9 Å². The molecule has 1 aliphatic heterocycles. The standard InChI is InChI=1S/C29H28N4O3.H2S/c30-18-22-7-6-8-23(15-22)19-33-26-16-21(11-12-27(26)36-29(33)35)17-28(34)31-25(20-32-13-4-5-14-32)24-9-2-1-3-10-24;/h1-3,6-12,15-16,25H,4-5,13-14,17,19-20H2,(H,31,34);1H2/t25-;/m1./s1. The second-order valence-corrected chi connectivity index (χ2v) is 9.28. The van der Waals surface area contributed by atoms with E-state index in [1.54, 1.807) is 24.3 Å². The molecule has 1 saturated heterocycles. The van der Waals surface area contributed by atoms with E-state index in [1.807, 2.05) is 36.4 Å². The van der Waals surface area contributed by atoms with Gasteiger partial charge in [0.25, 0.3) is 0 Å². The van der Waals surface area contributed by atoms with Crippen molar-refractivity contribution in [2.24, 2.45) is 0 Å². The molecular formula is C29H30N4O3S. The Morgan fingerprint density at radius 2 is 1.78 bits per heavy atom. The number of amides is 1. The van der Waals surface area contributed by atoms with Crippen molar-refractivity contribution in [2.75, 3.05) is 19.6 Å². The molecule has 3 aromatic carbocycles. The number of nitrogens with zero attached hydrogens (tertiary/aromatic N) is 3. The van der Waals surface area contributed by atoms with Crippen LogP contribution in [0.4, 0.5) is 0 Å². The van der Waals surface area contributed by atoms with Crippen LogP contribution in [0.5, 0.6) is 0 Å². The van der Waals surface area contributed by atoms with Crippen LogP contribution in [0.3, 0.4) is 0 Å². The number of carbonyl (C=O) groups excluding carboxylic acids is 1. The van der Waals surface area contributed by atoms with Gasteiger partial charge in [0.1, 0.15) is 0 Å². The molecular weight excluding hydrogens is 484 g/mol. The minimum atomic E-state index is -0.469. The van der Waals surface area contributed by atoms with Crippen LogP contribution in [0, 0.1) is 11.3 Å². The lowest BCUT2D eigenvalue weighted by molar-refractivity contribution is -0.121. The summed E-state index contributed by atoms with van der Waals surface area (Å²) in [4.78, 5) is 28.0. The molecule has 0 saturated carbocycles. The number of likely N-dealkylation sites (tertiary alicyclic amines) is 1. The van der Waals surface area contributed by atoms with E-state index in [-0.39, 0.29) is 38.4 Å². The number of carbonyl (C=O) groups is 1. The van der Waals surface area contributed by atoms with Crippen molar-refractivity contribution < 1.29 is 9.21 Å². The molecule has 4 aromatic rings. The predicted octanol–water partition coefficient (Wildman–Crippen LogP) is 4.12. The fraction of sp³-hybridized carbons (Fsp3) is 0.276. The summed E-state index contributed by atoms with van der Waals surface area (Å²) in [5.74, 6) is -0.537. The zero-order valence-corrected chi connectivity index (χ0v) is 21.5. The summed E-state index contributed by atoms with van der Waals surface area (Å²) in [6.45, 7) is 3.19. The zero-order chi connectivity index (χ0) is 24.9. The highest BCUT2D eigenvalue weighted by Gasteiger charge is 2.21. The maximum Gasteiger partial charge on any atom is 0.420 e. The maximum absolute atomic E-state index is 13.1. The van der Waals surface area contributed by atoms with E-state index in [0.717, 1.165) is 36.3 Å². The van der Waals surface area contributed by atoms with Gasteiger partial charge in [0.05, 0.1) is 36.2 Å². The van der Waals surface area contributed by atoms with Crippen LogP contribution in [0.25, 0.3) is 11.1 Å². The molecule has 1 N–H and O–H groups in total. The number of benzene rings is 3. The molecule has 7 nitrogen and oxygen atoms in total. The third-order valence-electron chi connectivity index (χ3n) is 6.67. The predicted molar refractivity (Wildman–Crippen MR) is 148 cm³/mol. The van der Waals surface area contributed by atoms with E-state index in [4.69, 9.17) is 4.42 Å². The Morgan fingerprint density at radius 3 is 2.54 bits per heavy atom. The lowest BCUT2D eigenvalue weighted by Gasteiger charge is -2.25. The number of nitriles is 1. The van der Waals surface area contributed by atoms with Crippen molar-refractivity contribution in [3.8, 4) is 6.07 Å². The zero-order valence-electron chi connectivity index (χ0n) is 20.5. The van der Waals surface area contributed by atoms with Gasteiger partial charge in [-0.2, -0.15) is 18.8 Å². The van der Waals surface area contributed by atoms with Gasteiger partial charge >= 0.3 is 5.76 Å². The molecule has 2 heterocycles. The number of hydrogen-bond donors (Lipinski definition) is 1. The van der Waals surface area contributed by atoms with E-state index in [1.165, 1.54) is 17.4 Å². The van der Waals surface area contributed by atoms with Crippen LogP contribution in [0.1, 0.15) is 41.1 Å². The fourth-order valence-electron chi connectivity index (χ4n) is 4.86. The smallest absolute Gasteiger partial charge is 0.408 e. The molecule has 1 fully saturated rings. The van der Waals surface area contributed by atoms with Crippen LogP contribution >= 0.6 is 13.5 Å². The highest BCUT2D eigenvalue weighted by molar-refractivity contribution is 7.59. The summed E-state index contributed by atoms with van der Waals surface area (Å²) < 4.78 is 6.96. The first kappa shape index (κ1) is 26.3. The van der Waals surface area contributed by atoms with Crippen molar-refractivity contribution in [1.29, 1.82) is 5.26 Å². The summed E-state index contributed by atoms with van der Waals surface area (Å²) in [6, 6.07) is 24.7. The van der Waals surface area contributed by atoms with Crippen molar-refractivity contribution in [2.45, 2.75) is 31.8 Å². The number of rotatable bonds is 8. The largest absolute Gasteiger partial charge is 0.420 e. The van der Waals surface area contributed by atoms with Gasteiger partial charge in [0.15, 0.2) is 5.58 Å². The maximum atomic E-state index is 13.1. The molecule has 5 rings (SSSR count). The van der Waals surface area contributed by atoms with Gasteiger partial charge in [-0.3, -0.25) is 9.36 Å². The first-order valence-electron chi connectivity index (χ1n) is 12.3. The highest BCUT2D eigenvalue weighted by atomic mass is 32.1. The third kappa shape index (κ3) is 6.31. The lowest BCUT2D eigenvalue weighted by Crippen LogP contribution is -2.37. The van der Waals surface area contributed by atoms with Crippen LogP contribution in [-0.2, 0) is 17.8 Å². The van der Waals surface area contributed by atoms with E-state index in [0.29, 0.717) is 16.7 Å². The Bertz CT molecular complexity index is 1470. The van der Waals surface area contributed by atoms with Gasteiger partial charge in [-0.15, -0.1) is 0 Å². The molecule has 0 radical (unpaired) electrons. The second kappa shape index (κ2) is 12.0. The Balaban J connectivity index is 0.00000320. The second-order valence-electron chi connectivity index (χ2n) is 9.28. The van der Waals surface area contributed by atoms with Crippen LogP contribution in [0.2, 0.25) is 0 Å². The van der Waals surface area contributed by atoms with E-state index < -0.39 is 5.76 Å². The Morgan fingerprint density at radius 1 is 1.00 bits per heavy atom. The van der Waals surface area contributed by atoms with Crippen LogP contribution < -0.4 is 11.1 Å². The topological polar surface area (TPSA) is 91.3 Å². The van der Waals surface area contributed by atoms with Crippen LogP contribution in [0.15, 0.2) is 82.0 Å². The van der Waals surface area contributed by atoms with Gasteiger partial charge in [0.2, 0.25) is 5.91 Å². The molecule has 37 heavy (non-hydrogen) atoms. The van der Waals surface area contributed by atoms with Crippen LogP contribution in [-0.4, -0.2) is 35.0 Å². The summed E-state index contributed by atoms with van der Waals surface area (Å²) in [5, 5.41) is 12.4. The normalized spacial score (nSPS) is 14.1. The number of nitrogens with one attached hydrogen (secondary N) is 1. The molecule has 1 aromatic heterocycles. The number of aromatic nitrogens is 1. The van der Waals surface area contributed by atoms with E-state index >= 15 is 0 Å². The molecule has 0 aliphatic carbocycles. The highest BCUT2D eigenvalue weighted by Crippen LogP contribution is 2.20. The first-order valence-corrected chi connectivity index (χ1v) is 12.3. The summed E-state index contributed by atoms with van der Waals surface area (Å²) in [6.07, 6.45) is 2.59. The first-order chi connectivity index (χ1) is 17.6. The van der Waals surface area contributed by atoms with Crippen molar-refractivity contribution in [3.63, 3.8) is 0 Å². The number of oxazole rings is 1. The number of hydrogen-bond acceptors (Lipinski definition) is 5. The summed E-state index contributed by atoms with van der Waals surface area (Å²) in [5.41, 5.74) is 4.35. The van der Waals surface area contributed by atoms with Crippen molar-refractivity contribution >= 4 is 30.5 Å². The van der Waals surface area contributed by atoms with Crippen molar-refractivity contribution in [3.05, 3.63) is 106 Å².